The number of hydrogen-bond acceptors (Lipinski definition) is 2. The van der Waals surface area contributed by atoms with Gasteiger partial charge in [0.05, 0.1) is 0 Å². The fourth-order valence-corrected chi connectivity index (χ4v) is 1.30. The van der Waals surface area contributed by atoms with Crippen molar-refractivity contribution in [3.63, 3.8) is 0 Å². The predicted molar refractivity (Wildman–Crippen MR) is 56.7 cm³/mol. The second-order valence-corrected chi connectivity index (χ2v) is 3.89. The van der Waals surface area contributed by atoms with Crippen molar-refractivity contribution in [1.29, 1.82) is 0 Å². The first-order chi connectivity index (χ1) is 6.61. The van der Waals surface area contributed by atoms with Gasteiger partial charge in [0.25, 0.3) is 0 Å². The number of ether oxygens (including phenoxy) is 1. The molecule has 1 unspecified atom stereocenters. The van der Waals surface area contributed by atoms with Crippen molar-refractivity contribution < 1.29 is 27.7 Å². The maximum absolute atomic E-state index is 11.3. The number of carbonyl (C=O) groups is 1. The molecule has 0 bridgehead atoms. The van der Waals surface area contributed by atoms with E-state index in [0.717, 1.165) is 32.1 Å². The van der Waals surface area contributed by atoms with Gasteiger partial charge >= 0.3 is 5.97 Å². The highest BCUT2D eigenvalue weighted by molar-refractivity contribution is 5.73. The van der Waals surface area contributed by atoms with Gasteiger partial charge in [0.1, 0.15) is 6.10 Å². The average molecular weight is 238 g/mol. The minimum Gasteiger partial charge on any atom is -1.00 e. The molecule has 0 aliphatic carbocycles. The Kier molecular flexibility index (Phi) is 11.7. The Morgan fingerprint density at radius 2 is 1.87 bits per heavy atom. The second-order valence-electron chi connectivity index (χ2n) is 3.89. The molecule has 0 aliphatic heterocycles. The quantitative estimate of drug-likeness (QED) is 0.550. The molecule has 0 aromatic rings. The van der Waals surface area contributed by atoms with Crippen LogP contribution in [0.5, 0.6) is 0 Å². The van der Waals surface area contributed by atoms with Crippen LogP contribution in [0.3, 0.4) is 0 Å². The highest BCUT2D eigenvalue weighted by Gasteiger charge is 2.18. The van der Waals surface area contributed by atoms with Crippen LogP contribution in [0.15, 0.2) is 0 Å². The molecule has 0 amide bonds. The molecule has 3 N–H and O–H groups in total. The van der Waals surface area contributed by atoms with E-state index < -0.39 is 0 Å². The fraction of sp³-hybridized carbons (Fsp3) is 0.909. The number of hydrogen-bond donors (Lipinski definition) is 1. The zero-order valence-corrected chi connectivity index (χ0v) is 10.8. The first-order valence-corrected chi connectivity index (χ1v) is 5.65. The summed E-state index contributed by atoms with van der Waals surface area (Å²) in [6.07, 6.45) is 5.41. The lowest BCUT2D eigenvalue weighted by atomic mass is 10.1. The van der Waals surface area contributed by atoms with Crippen LogP contribution in [0.4, 0.5) is 0 Å². The molecule has 0 aromatic heterocycles. The van der Waals surface area contributed by atoms with Crippen LogP contribution >= 0.6 is 0 Å². The van der Waals surface area contributed by atoms with Crippen molar-refractivity contribution in [3.05, 3.63) is 0 Å². The van der Waals surface area contributed by atoms with E-state index in [-0.39, 0.29) is 30.5 Å². The summed E-state index contributed by atoms with van der Waals surface area (Å²) < 4.78 is 5.35. The minimum atomic E-state index is -0.254. The van der Waals surface area contributed by atoms with Crippen molar-refractivity contribution in [2.75, 3.05) is 0 Å². The molecule has 92 valence electrons. The standard InChI is InChI=1S/C11H23NO2.ClH/c1-4-6-8-10(7-5-2)14-11(13)9(3)12;/h9-10H,4-8,12H2,1-3H3;1H/t9-,10?;/m0./s1. The summed E-state index contributed by atoms with van der Waals surface area (Å²) in [5, 5.41) is 0. The van der Waals surface area contributed by atoms with Gasteiger partial charge in [0.15, 0.2) is 6.04 Å². The van der Waals surface area contributed by atoms with Gasteiger partial charge in [0, 0.05) is 0 Å². The molecule has 2 atom stereocenters. The molecule has 0 spiro atoms. The summed E-state index contributed by atoms with van der Waals surface area (Å²) in [7, 11) is 0. The Morgan fingerprint density at radius 1 is 1.27 bits per heavy atom. The predicted octanol–water partition coefficient (Wildman–Crippen LogP) is -1.48. The summed E-state index contributed by atoms with van der Waals surface area (Å²) >= 11 is 0. The highest BCUT2D eigenvalue weighted by atomic mass is 35.5. The normalized spacial score (nSPS) is 13.9. The number of esters is 1. The highest BCUT2D eigenvalue weighted by Crippen LogP contribution is 2.11. The molecule has 0 aliphatic rings. The van der Waals surface area contributed by atoms with Gasteiger partial charge < -0.3 is 22.9 Å². The number of carbonyl (C=O) groups excluding carboxylic acids is 1. The Morgan fingerprint density at radius 3 is 2.27 bits per heavy atom. The first kappa shape index (κ1) is 17.1. The van der Waals surface area contributed by atoms with Crippen LogP contribution in [0.2, 0.25) is 0 Å². The Labute approximate surface area is 99.2 Å². The number of halogens is 1. The molecule has 0 aromatic carbocycles. The van der Waals surface area contributed by atoms with Crippen LogP contribution in [0, 0.1) is 0 Å². The molecule has 0 radical (unpaired) electrons. The average Bonchev–Trinajstić information content (AvgIpc) is 2.14. The van der Waals surface area contributed by atoms with Crippen molar-refractivity contribution in [3.8, 4) is 0 Å². The third kappa shape index (κ3) is 8.70. The SMILES string of the molecule is CCCCC(CCC)OC(=O)[C@H](C)[NH3+].[Cl-]. The fourth-order valence-electron chi connectivity index (χ4n) is 1.30. The number of rotatable bonds is 7. The van der Waals surface area contributed by atoms with Crippen LogP contribution < -0.4 is 18.1 Å². The largest absolute Gasteiger partial charge is 1.00 e. The maximum atomic E-state index is 11.3. The summed E-state index contributed by atoms with van der Waals surface area (Å²) in [4.78, 5) is 11.3. The van der Waals surface area contributed by atoms with Gasteiger partial charge in [-0.3, -0.25) is 0 Å². The molecule has 3 nitrogen and oxygen atoms in total. The van der Waals surface area contributed by atoms with E-state index in [2.05, 4.69) is 19.6 Å². The van der Waals surface area contributed by atoms with E-state index in [9.17, 15) is 4.79 Å². The first-order valence-electron chi connectivity index (χ1n) is 5.65. The van der Waals surface area contributed by atoms with Crippen molar-refractivity contribution >= 4 is 5.97 Å². The van der Waals surface area contributed by atoms with Gasteiger partial charge in [-0.15, -0.1) is 0 Å². The van der Waals surface area contributed by atoms with Gasteiger partial charge in [-0.2, -0.15) is 0 Å². The monoisotopic (exact) mass is 237 g/mol. The van der Waals surface area contributed by atoms with E-state index in [1.165, 1.54) is 0 Å². The van der Waals surface area contributed by atoms with Crippen molar-refractivity contribution in [1.82, 2.24) is 0 Å². The summed E-state index contributed by atoms with van der Waals surface area (Å²) in [5.74, 6) is -0.167. The second kappa shape index (κ2) is 10.2. The van der Waals surface area contributed by atoms with E-state index in [0.29, 0.717) is 0 Å². The van der Waals surface area contributed by atoms with Gasteiger partial charge in [-0.25, -0.2) is 4.79 Å². The Bertz CT molecular complexity index is 163. The van der Waals surface area contributed by atoms with Gasteiger partial charge in [-0.1, -0.05) is 33.1 Å². The lowest BCUT2D eigenvalue weighted by molar-refractivity contribution is -0.403. The zero-order valence-electron chi connectivity index (χ0n) is 10.1. The summed E-state index contributed by atoms with van der Waals surface area (Å²) in [5.41, 5.74) is 3.66. The number of unbranched alkanes of at least 4 members (excludes halogenated alkanes) is 1. The van der Waals surface area contributed by atoms with Crippen LogP contribution in [0.1, 0.15) is 52.9 Å². The molecule has 0 rings (SSSR count). The molecule has 15 heavy (non-hydrogen) atoms. The number of quaternary nitrogens is 1. The van der Waals surface area contributed by atoms with E-state index in [1.54, 1.807) is 6.92 Å². The van der Waals surface area contributed by atoms with Gasteiger partial charge in [-0.05, 0) is 19.8 Å². The lowest BCUT2D eigenvalue weighted by Crippen LogP contribution is -3.00. The summed E-state index contributed by atoms with van der Waals surface area (Å²) in [6.45, 7) is 6.03. The smallest absolute Gasteiger partial charge is 0.364 e. The van der Waals surface area contributed by atoms with Crippen molar-refractivity contribution in [2.24, 2.45) is 0 Å². The molecular formula is C11H24ClNO2. The summed E-state index contributed by atoms with van der Waals surface area (Å²) in [6, 6.07) is -0.254. The third-order valence-electron chi connectivity index (χ3n) is 2.18. The van der Waals surface area contributed by atoms with E-state index in [4.69, 9.17) is 4.74 Å². The van der Waals surface area contributed by atoms with Gasteiger partial charge in [0.2, 0.25) is 0 Å². The molecule has 0 heterocycles. The Hall–Kier alpha value is -0.280. The van der Waals surface area contributed by atoms with Crippen LogP contribution in [-0.2, 0) is 9.53 Å². The maximum Gasteiger partial charge on any atom is 0.364 e. The molecular weight excluding hydrogens is 214 g/mol. The molecule has 0 saturated carbocycles. The Balaban J connectivity index is 0. The molecule has 0 saturated heterocycles. The van der Waals surface area contributed by atoms with E-state index >= 15 is 0 Å². The van der Waals surface area contributed by atoms with E-state index in [1.807, 2.05) is 0 Å². The topological polar surface area (TPSA) is 53.9 Å². The van der Waals surface area contributed by atoms with Crippen LogP contribution in [0.25, 0.3) is 0 Å². The zero-order chi connectivity index (χ0) is 11.0. The minimum absolute atomic E-state index is 0. The lowest BCUT2D eigenvalue weighted by Gasteiger charge is -2.17. The van der Waals surface area contributed by atoms with Crippen LogP contribution in [-0.4, -0.2) is 18.1 Å². The van der Waals surface area contributed by atoms with Crippen molar-refractivity contribution in [2.45, 2.75) is 65.0 Å². The molecule has 0 fully saturated rings. The third-order valence-corrected chi connectivity index (χ3v) is 2.18. The molecule has 4 heteroatoms.